The molecule has 2 aliphatic rings. The second-order valence-electron chi connectivity index (χ2n) is 11.9. The fourth-order valence-electron chi connectivity index (χ4n) is 6.53. The fraction of sp³-hybridized carbons (Fsp3) is 0.294. The highest BCUT2D eigenvalue weighted by Crippen LogP contribution is 2.33. The lowest BCUT2D eigenvalue weighted by atomic mass is 9.94. The third-order valence-corrected chi connectivity index (χ3v) is 16.7. The van der Waals surface area contributed by atoms with Crippen molar-refractivity contribution in [1.82, 2.24) is 9.80 Å². The van der Waals surface area contributed by atoms with Gasteiger partial charge in [0.15, 0.2) is 0 Å². The number of carbonyl (C=O) groups excluding carboxylic acids is 4. The summed E-state index contributed by atoms with van der Waals surface area (Å²) < 4.78 is 18.6. The zero-order chi connectivity index (χ0) is 31.9. The van der Waals surface area contributed by atoms with Crippen molar-refractivity contribution in [2.24, 2.45) is 0 Å². The van der Waals surface area contributed by atoms with E-state index in [1.807, 2.05) is 61.6 Å². The van der Waals surface area contributed by atoms with Crippen molar-refractivity contribution in [2.75, 3.05) is 27.3 Å². The van der Waals surface area contributed by atoms with E-state index in [-0.39, 0.29) is 36.7 Å². The molecule has 0 aliphatic carbocycles. The molecule has 0 saturated heterocycles. The van der Waals surface area contributed by atoms with Crippen molar-refractivity contribution in [2.45, 2.75) is 38.0 Å². The highest BCUT2D eigenvalue weighted by Gasteiger charge is 2.43. The number of imide groups is 2. The van der Waals surface area contributed by atoms with Crippen LogP contribution in [0.15, 0.2) is 72.8 Å². The Hall–Kier alpha value is -4.01. The molecule has 45 heavy (non-hydrogen) atoms. The molecule has 2 unspecified atom stereocenters. The molecule has 11 heteroatoms. The Morgan fingerprint density at radius 3 is 1.13 bits per heavy atom. The average molecular weight is 641 g/mol. The van der Waals surface area contributed by atoms with Crippen molar-refractivity contribution in [3.05, 3.63) is 95.1 Å². The predicted molar refractivity (Wildman–Crippen MR) is 176 cm³/mol. The van der Waals surface area contributed by atoms with Crippen LogP contribution in [-0.4, -0.2) is 77.9 Å². The lowest BCUT2D eigenvalue weighted by Gasteiger charge is -2.36. The molecule has 0 spiro atoms. The first kappa shape index (κ1) is 31.0. The number of rotatable bonds is 12. The van der Waals surface area contributed by atoms with E-state index in [4.69, 9.17) is 13.0 Å². The molecule has 0 fully saturated rings. The molecule has 0 saturated carbocycles. The van der Waals surface area contributed by atoms with Gasteiger partial charge < -0.3 is 13.0 Å². The summed E-state index contributed by atoms with van der Waals surface area (Å²) in [6, 6.07) is 23.1. The lowest BCUT2D eigenvalue weighted by Crippen LogP contribution is -2.52. The minimum Gasteiger partial charge on any atom is -0.415 e. The topological polar surface area (TPSA) is 102 Å². The molecule has 9 nitrogen and oxygen atoms in total. The van der Waals surface area contributed by atoms with Crippen LogP contribution in [-0.2, 0) is 13.0 Å². The van der Waals surface area contributed by atoms with E-state index in [1.54, 1.807) is 38.5 Å². The summed E-state index contributed by atoms with van der Waals surface area (Å²) in [5, 5.41) is 3.17. The monoisotopic (exact) mass is 640 g/mol. The minimum absolute atomic E-state index is 0.246. The Bertz CT molecular complexity index is 1630. The number of amides is 4. The Labute approximate surface area is 264 Å². The quantitative estimate of drug-likeness (QED) is 0.136. The summed E-state index contributed by atoms with van der Waals surface area (Å²) in [7, 11) is -2.33. The Morgan fingerprint density at radius 1 is 0.533 bits per heavy atom. The van der Waals surface area contributed by atoms with Gasteiger partial charge in [-0.05, 0) is 73.1 Å². The van der Waals surface area contributed by atoms with E-state index >= 15 is 0 Å². The van der Waals surface area contributed by atoms with Gasteiger partial charge in [0.1, 0.15) is 0 Å². The van der Waals surface area contributed by atoms with Crippen LogP contribution in [0.4, 0.5) is 0 Å². The number of carbonyl (C=O) groups is 4. The van der Waals surface area contributed by atoms with E-state index in [9.17, 15) is 19.2 Å². The normalized spacial score (nSPS) is 17.2. The zero-order valence-corrected chi connectivity index (χ0v) is 27.9. The van der Waals surface area contributed by atoms with Crippen LogP contribution in [0.2, 0.25) is 25.2 Å². The van der Waals surface area contributed by atoms with Crippen LogP contribution in [0.3, 0.4) is 0 Å². The third kappa shape index (κ3) is 5.55. The van der Waals surface area contributed by atoms with E-state index in [2.05, 4.69) is 0 Å². The van der Waals surface area contributed by atoms with E-state index < -0.39 is 17.1 Å². The first-order valence-electron chi connectivity index (χ1n) is 15.2. The largest absolute Gasteiger partial charge is 0.415 e. The van der Waals surface area contributed by atoms with Gasteiger partial charge in [-0.25, -0.2) is 0 Å². The maximum absolute atomic E-state index is 13.3. The molecule has 4 amide bonds. The molecule has 4 aromatic rings. The fourth-order valence-corrected chi connectivity index (χ4v) is 13.7. The van der Waals surface area contributed by atoms with Gasteiger partial charge in [0.25, 0.3) is 23.6 Å². The van der Waals surface area contributed by atoms with Crippen molar-refractivity contribution in [3.8, 4) is 0 Å². The van der Waals surface area contributed by atoms with Crippen molar-refractivity contribution >= 4 is 62.3 Å². The van der Waals surface area contributed by atoms with Gasteiger partial charge in [-0.3, -0.25) is 29.0 Å². The first-order chi connectivity index (χ1) is 21.6. The summed E-state index contributed by atoms with van der Waals surface area (Å²) in [5.74, 6) is -1.16. The third-order valence-electron chi connectivity index (χ3n) is 9.03. The van der Waals surface area contributed by atoms with Crippen molar-refractivity contribution < 1.29 is 32.1 Å². The van der Waals surface area contributed by atoms with Crippen LogP contribution in [0.5, 0.6) is 0 Å². The van der Waals surface area contributed by atoms with Crippen molar-refractivity contribution in [1.29, 1.82) is 0 Å². The second-order valence-corrected chi connectivity index (χ2v) is 19.1. The van der Waals surface area contributed by atoms with Crippen LogP contribution < -0.4 is 0 Å². The summed E-state index contributed by atoms with van der Waals surface area (Å²) in [6.45, 7) is 4.41. The van der Waals surface area contributed by atoms with Crippen LogP contribution in [0, 0.1) is 0 Å². The Kier molecular flexibility index (Phi) is 8.31. The molecule has 2 heterocycles. The van der Waals surface area contributed by atoms with Gasteiger partial charge in [0.2, 0.25) is 0 Å². The molecular formula is C34H36N2O7Si2. The van der Waals surface area contributed by atoms with Gasteiger partial charge in [-0.2, -0.15) is 0 Å². The van der Waals surface area contributed by atoms with Gasteiger partial charge >= 0.3 is 17.1 Å². The highest BCUT2D eigenvalue weighted by molar-refractivity contribution is 6.80. The Balaban J connectivity index is 1.08. The molecule has 2 aliphatic heterocycles. The van der Waals surface area contributed by atoms with E-state index in [1.165, 1.54) is 9.80 Å². The molecule has 4 aromatic carbocycles. The Morgan fingerprint density at radius 2 is 0.844 bits per heavy atom. The summed E-state index contributed by atoms with van der Waals surface area (Å²) in [5.41, 5.74) is 2.15. The van der Waals surface area contributed by atoms with Crippen LogP contribution in [0.1, 0.15) is 54.3 Å². The van der Waals surface area contributed by atoms with Gasteiger partial charge in [0, 0.05) is 60.3 Å². The SMILES string of the molecule is CO[Si](C)(CCCN1C(=O)c2cccc3cccc(c23)C1=O)O[Si](C)(CCCN1C(=O)c2cccc3cccc(c23)C1=O)OC. The van der Waals surface area contributed by atoms with E-state index in [0.717, 1.165) is 10.8 Å². The number of nitrogens with zero attached hydrogens (tertiary/aromatic N) is 2. The van der Waals surface area contributed by atoms with Gasteiger partial charge in [-0.1, -0.05) is 48.5 Å². The summed E-state index contributed by atoms with van der Waals surface area (Å²) in [6.07, 6.45) is 1.03. The summed E-state index contributed by atoms with van der Waals surface area (Å²) in [4.78, 5) is 55.9. The summed E-state index contributed by atoms with van der Waals surface area (Å²) >= 11 is 0. The zero-order valence-electron chi connectivity index (χ0n) is 25.9. The predicted octanol–water partition coefficient (Wildman–Crippen LogP) is 6.12. The van der Waals surface area contributed by atoms with E-state index in [0.29, 0.717) is 58.0 Å². The standard InChI is InChI=1S/C34H36N2O7Si2/c1-41-44(3,21-9-19-35-31(37)25-15-5-11-23-12-6-16-26(29(23)25)32(35)38)43-45(4,42-2)22-10-20-36-33(39)27-17-7-13-24-14-8-18-28(30(24)27)34(36)40/h5-8,11-18H,9-10,19-22H2,1-4H3. The molecule has 0 aromatic heterocycles. The molecule has 0 N–H and O–H groups in total. The van der Waals surface area contributed by atoms with Gasteiger partial charge in [0.05, 0.1) is 0 Å². The maximum atomic E-state index is 13.3. The number of hydrogen-bond acceptors (Lipinski definition) is 7. The van der Waals surface area contributed by atoms with Crippen LogP contribution >= 0.6 is 0 Å². The molecule has 2 atom stereocenters. The van der Waals surface area contributed by atoms with Crippen LogP contribution in [0.25, 0.3) is 21.5 Å². The number of benzene rings is 4. The molecule has 6 rings (SSSR count). The second kappa shape index (κ2) is 12.1. The molecular weight excluding hydrogens is 605 g/mol. The lowest BCUT2D eigenvalue weighted by molar-refractivity contribution is 0.0595. The molecule has 0 radical (unpaired) electrons. The van der Waals surface area contributed by atoms with Crippen molar-refractivity contribution in [3.63, 3.8) is 0 Å². The minimum atomic E-state index is -2.79. The van der Waals surface area contributed by atoms with Gasteiger partial charge in [-0.15, -0.1) is 0 Å². The smallest absolute Gasteiger partial charge is 0.325 e. The number of hydrogen-bond donors (Lipinski definition) is 0. The molecule has 0 bridgehead atoms. The average Bonchev–Trinajstić information content (AvgIpc) is 3.05. The molecule has 232 valence electrons. The first-order valence-corrected chi connectivity index (χ1v) is 20.2. The highest BCUT2D eigenvalue weighted by atomic mass is 28.5. The maximum Gasteiger partial charge on any atom is 0.325 e.